The van der Waals surface area contributed by atoms with E-state index in [4.69, 9.17) is 42.9 Å². The van der Waals surface area contributed by atoms with Crippen molar-refractivity contribution in [2.45, 2.75) is 43.6 Å². The highest BCUT2D eigenvalue weighted by molar-refractivity contribution is 6.32. The number of carbonyl (C=O) groups is 3. The van der Waals surface area contributed by atoms with Crippen molar-refractivity contribution in [2.75, 3.05) is 44.3 Å². The van der Waals surface area contributed by atoms with Crippen molar-refractivity contribution in [2.24, 2.45) is 0 Å². The smallest absolute Gasteiger partial charge is 0.490 e. The summed E-state index contributed by atoms with van der Waals surface area (Å²) in [7, 11) is 0. The van der Waals surface area contributed by atoms with E-state index in [0.29, 0.717) is 53.8 Å². The summed E-state index contributed by atoms with van der Waals surface area (Å²) in [4.78, 5) is 36.9. The lowest BCUT2D eigenvalue weighted by atomic mass is 10.0. The molecule has 0 aliphatic carbocycles. The van der Waals surface area contributed by atoms with Crippen LogP contribution in [-0.4, -0.2) is 107 Å². The summed E-state index contributed by atoms with van der Waals surface area (Å²) in [5.41, 5.74) is 1.77. The molecule has 11 nitrogen and oxygen atoms in total. The van der Waals surface area contributed by atoms with Crippen molar-refractivity contribution < 1.29 is 52.7 Å². The molecule has 16 heteroatoms. The number of alkyl halides is 3. The summed E-state index contributed by atoms with van der Waals surface area (Å²) in [5, 5.41) is 40.8. The number of carboxylic acid groups (broad SMARTS) is 2. The van der Waals surface area contributed by atoms with Gasteiger partial charge >= 0.3 is 18.1 Å². The lowest BCUT2D eigenvalue weighted by Crippen LogP contribution is -2.50. The first kappa shape index (κ1) is 35.2. The molecule has 4 rings (SSSR count). The van der Waals surface area contributed by atoms with Crippen LogP contribution in [0.2, 0.25) is 10.0 Å². The zero-order valence-corrected chi connectivity index (χ0v) is 24.8. The average Bonchev–Trinajstić information content (AvgIpc) is 3.32. The Labute approximate surface area is 260 Å². The molecule has 5 N–H and O–H groups in total. The minimum absolute atomic E-state index is 0.0184. The highest BCUT2D eigenvalue weighted by Crippen LogP contribution is 2.35. The number of aliphatic carboxylic acids is 2. The summed E-state index contributed by atoms with van der Waals surface area (Å²) in [6.07, 6.45) is -4.45. The molecule has 2 aliphatic rings. The Hall–Kier alpha value is -3.30. The molecule has 2 atom stereocenters. The number of β-amino-alcohol motifs (C(OH)–C–C–N with tert-alkyl or cyclic N) is 1. The van der Waals surface area contributed by atoms with Gasteiger partial charge in [0.1, 0.15) is 12.4 Å². The van der Waals surface area contributed by atoms with Crippen LogP contribution in [0.25, 0.3) is 0 Å². The van der Waals surface area contributed by atoms with Gasteiger partial charge in [-0.2, -0.15) is 13.2 Å². The maximum atomic E-state index is 12.8. The van der Waals surface area contributed by atoms with E-state index in [1.54, 1.807) is 36.4 Å². The summed E-state index contributed by atoms with van der Waals surface area (Å²) >= 11 is 12.2. The molecule has 2 saturated heterocycles. The number of ether oxygens (including phenoxy) is 1. The lowest BCUT2D eigenvalue weighted by Gasteiger charge is -2.34. The fourth-order valence-electron chi connectivity index (χ4n) is 4.92. The maximum absolute atomic E-state index is 12.8. The first-order valence-corrected chi connectivity index (χ1v) is 14.3. The largest absolute Gasteiger partial charge is 0.490 e. The monoisotopic (exact) mass is 665 g/mol. The van der Waals surface area contributed by atoms with Crippen molar-refractivity contribution >= 4 is 46.7 Å². The first-order chi connectivity index (χ1) is 20.7. The zero-order valence-electron chi connectivity index (χ0n) is 23.3. The molecule has 2 aromatic rings. The van der Waals surface area contributed by atoms with Crippen molar-refractivity contribution in [1.29, 1.82) is 0 Å². The highest BCUT2D eigenvalue weighted by atomic mass is 35.5. The van der Waals surface area contributed by atoms with Gasteiger partial charge in [0.2, 0.25) is 0 Å². The highest BCUT2D eigenvalue weighted by Gasteiger charge is 2.38. The van der Waals surface area contributed by atoms with E-state index in [1.807, 2.05) is 9.80 Å². The fourth-order valence-corrected chi connectivity index (χ4v) is 5.29. The molecule has 0 saturated carbocycles. The van der Waals surface area contributed by atoms with Crippen molar-refractivity contribution in [1.82, 2.24) is 10.2 Å². The molecule has 44 heavy (non-hydrogen) atoms. The van der Waals surface area contributed by atoms with Crippen LogP contribution in [0, 0.1) is 0 Å². The van der Waals surface area contributed by atoms with Crippen LogP contribution in [0.15, 0.2) is 36.4 Å². The van der Waals surface area contributed by atoms with Gasteiger partial charge in [-0.05, 0) is 48.7 Å². The Balaban J connectivity index is 0.000000676. The van der Waals surface area contributed by atoms with E-state index in [1.165, 1.54) is 0 Å². The van der Waals surface area contributed by atoms with Gasteiger partial charge in [0.05, 0.1) is 30.2 Å². The predicted molar refractivity (Wildman–Crippen MR) is 155 cm³/mol. The van der Waals surface area contributed by atoms with E-state index in [2.05, 4.69) is 5.32 Å². The molecule has 2 heterocycles. The number of rotatable bonds is 9. The molecule has 0 unspecified atom stereocenters. The van der Waals surface area contributed by atoms with Crippen LogP contribution < -0.4 is 15.0 Å². The van der Waals surface area contributed by atoms with Gasteiger partial charge in [0, 0.05) is 54.6 Å². The maximum Gasteiger partial charge on any atom is 0.490 e. The molecule has 0 spiro atoms. The molecule has 0 bridgehead atoms. The third-order valence-corrected chi connectivity index (χ3v) is 7.57. The van der Waals surface area contributed by atoms with Crippen LogP contribution in [-0.2, 0) is 16.0 Å². The van der Waals surface area contributed by atoms with Crippen LogP contribution in [0.1, 0.15) is 28.8 Å². The lowest BCUT2D eigenvalue weighted by molar-refractivity contribution is -0.192. The topological polar surface area (TPSA) is 160 Å². The number of hydrogen-bond acceptors (Lipinski definition) is 8. The molecule has 2 aromatic carbocycles. The minimum atomic E-state index is -5.08. The third kappa shape index (κ3) is 9.86. The third-order valence-electron chi connectivity index (χ3n) is 7.02. The van der Waals surface area contributed by atoms with Gasteiger partial charge in [0.15, 0.2) is 0 Å². The van der Waals surface area contributed by atoms with E-state index in [0.717, 1.165) is 12.8 Å². The van der Waals surface area contributed by atoms with Crippen molar-refractivity contribution in [3.63, 3.8) is 0 Å². The summed E-state index contributed by atoms with van der Waals surface area (Å²) < 4.78 is 37.3. The number of carboxylic acids is 2. The Morgan fingerprint density at radius 3 is 2.18 bits per heavy atom. The Kier molecular flexibility index (Phi) is 12.5. The first-order valence-electron chi connectivity index (χ1n) is 13.5. The standard InChI is InChI=1S/C26H31Cl2N3O6.C2HF3O2/c27-18-3-1-16(2-4-18)26(36)30-7-5-19(6-8-30)29-21-14-31(15-23(21)33)22-13-24(37-10-9-32)20(28)11-17(22)12-25(34)35;3-2(4,5)1(6)7/h1-4,11,13,19,21,23,29,32-33H,5-10,12,14-15H2,(H,34,35);(H,6,7)/t21-,23-;/m1./s1. The molecule has 2 aliphatic heterocycles. The van der Waals surface area contributed by atoms with Crippen molar-refractivity contribution in [3.8, 4) is 5.75 Å². The number of amides is 1. The van der Waals surface area contributed by atoms with E-state index >= 15 is 0 Å². The van der Waals surface area contributed by atoms with E-state index in [-0.39, 0.29) is 42.6 Å². The summed E-state index contributed by atoms with van der Waals surface area (Å²) in [5.74, 6) is -3.42. The molecular weight excluding hydrogens is 634 g/mol. The molecule has 1 amide bonds. The second-order valence-corrected chi connectivity index (χ2v) is 11.0. The predicted octanol–water partition coefficient (Wildman–Crippen LogP) is 3.07. The van der Waals surface area contributed by atoms with Gasteiger partial charge in [-0.15, -0.1) is 0 Å². The van der Waals surface area contributed by atoms with Gasteiger partial charge in [-0.1, -0.05) is 23.2 Å². The Bertz CT molecular complexity index is 1310. The molecule has 2 fully saturated rings. The van der Waals surface area contributed by atoms with Crippen LogP contribution >= 0.6 is 23.2 Å². The van der Waals surface area contributed by atoms with Crippen molar-refractivity contribution in [3.05, 3.63) is 57.6 Å². The number of piperidine rings is 1. The zero-order chi connectivity index (χ0) is 32.6. The molecule has 0 aromatic heterocycles. The number of aliphatic hydroxyl groups is 2. The number of nitrogens with zero attached hydrogens (tertiary/aromatic N) is 2. The number of nitrogens with one attached hydrogen (secondary N) is 1. The Morgan fingerprint density at radius 1 is 1.02 bits per heavy atom. The number of carbonyl (C=O) groups excluding carboxylic acids is 1. The second kappa shape index (κ2) is 15.6. The van der Waals surface area contributed by atoms with E-state index in [9.17, 15) is 33.0 Å². The minimum Gasteiger partial charge on any atom is -0.490 e. The summed E-state index contributed by atoms with van der Waals surface area (Å²) in [6, 6.07) is 10.0. The number of halogens is 5. The Morgan fingerprint density at radius 2 is 1.64 bits per heavy atom. The fraction of sp³-hybridized carbons (Fsp3) is 0.464. The van der Waals surface area contributed by atoms with Crippen LogP contribution in [0.4, 0.5) is 18.9 Å². The number of hydrogen-bond donors (Lipinski definition) is 5. The SMILES string of the molecule is O=C(O)C(F)(F)F.O=C(O)Cc1cc(Cl)c(OCCO)cc1N1C[C@@H](O)[C@H](NC2CCN(C(=O)c3ccc(Cl)cc3)CC2)C1. The second-order valence-electron chi connectivity index (χ2n) is 10.2. The normalized spacial score (nSPS) is 18.9. The van der Waals surface area contributed by atoms with Gasteiger partial charge in [0.25, 0.3) is 5.91 Å². The molecular formula is C28H32Cl2F3N3O8. The molecule has 242 valence electrons. The number of anilines is 1. The quantitative estimate of drug-likeness (QED) is 0.269. The molecule has 0 radical (unpaired) electrons. The van der Waals surface area contributed by atoms with Crippen LogP contribution in [0.5, 0.6) is 5.75 Å². The number of likely N-dealkylation sites (tertiary alicyclic amines) is 1. The summed E-state index contributed by atoms with van der Waals surface area (Å²) in [6.45, 7) is 1.89. The average molecular weight is 666 g/mol. The van der Waals surface area contributed by atoms with Crippen LogP contribution in [0.3, 0.4) is 0 Å². The van der Waals surface area contributed by atoms with Gasteiger partial charge in [-0.3, -0.25) is 9.59 Å². The van der Waals surface area contributed by atoms with Gasteiger partial charge in [-0.25, -0.2) is 4.79 Å². The number of benzene rings is 2. The number of aliphatic hydroxyl groups excluding tert-OH is 2. The van der Waals surface area contributed by atoms with Gasteiger partial charge < -0.3 is 40.3 Å². The van der Waals surface area contributed by atoms with E-state index < -0.39 is 24.2 Å².